The van der Waals surface area contributed by atoms with Gasteiger partial charge in [-0.25, -0.2) is 0 Å². The summed E-state index contributed by atoms with van der Waals surface area (Å²) in [5.74, 6) is -0.245. The van der Waals surface area contributed by atoms with Crippen molar-refractivity contribution < 1.29 is 9.59 Å². The largest absolute Gasteiger partial charge is 0.335 e. The first-order valence-corrected chi connectivity index (χ1v) is 9.63. The Kier molecular flexibility index (Phi) is 5.32. The van der Waals surface area contributed by atoms with E-state index in [9.17, 15) is 14.4 Å². The minimum atomic E-state index is -0.380. The Morgan fingerprint density at radius 2 is 1.92 bits per heavy atom. The molecule has 2 heterocycles. The van der Waals surface area contributed by atoms with Crippen molar-refractivity contribution in [3.8, 4) is 0 Å². The second-order valence-electron chi connectivity index (χ2n) is 8.33. The van der Waals surface area contributed by atoms with Crippen LogP contribution < -0.4 is 10.9 Å². The first kappa shape index (κ1) is 18.8. The van der Waals surface area contributed by atoms with Crippen molar-refractivity contribution >= 4 is 11.7 Å². The van der Waals surface area contributed by atoms with E-state index in [0.29, 0.717) is 30.6 Å². The fraction of sp³-hybridized carbons (Fsp3) is 0.650. The van der Waals surface area contributed by atoms with Crippen LogP contribution in [0.5, 0.6) is 0 Å². The zero-order valence-corrected chi connectivity index (χ0v) is 16.0. The maximum Gasteiger partial charge on any atom is 0.261 e. The SMILES string of the molecule is CCCN(C(=O)c1cc2c([nH]c1=O)CC(C)(C)CC2=O)C1CCNCC1. The molecule has 0 saturated carbocycles. The van der Waals surface area contributed by atoms with Crippen molar-refractivity contribution in [1.29, 1.82) is 0 Å². The zero-order valence-electron chi connectivity index (χ0n) is 16.0. The van der Waals surface area contributed by atoms with Crippen LogP contribution in [-0.4, -0.2) is 47.3 Å². The quantitative estimate of drug-likeness (QED) is 0.863. The third-order valence-corrected chi connectivity index (χ3v) is 5.42. The van der Waals surface area contributed by atoms with E-state index in [1.165, 1.54) is 6.07 Å². The lowest BCUT2D eigenvalue weighted by Gasteiger charge is -2.35. The summed E-state index contributed by atoms with van der Waals surface area (Å²) in [5.41, 5.74) is 0.728. The van der Waals surface area contributed by atoms with E-state index < -0.39 is 0 Å². The lowest BCUT2D eigenvalue weighted by atomic mass is 9.75. The molecule has 26 heavy (non-hydrogen) atoms. The van der Waals surface area contributed by atoms with Gasteiger partial charge in [-0.2, -0.15) is 0 Å². The molecule has 2 aliphatic rings. The molecule has 1 aliphatic carbocycles. The van der Waals surface area contributed by atoms with Crippen LogP contribution in [0.4, 0.5) is 0 Å². The predicted octanol–water partition coefficient (Wildman–Crippen LogP) is 2.13. The molecule has 0 bridgehead atoms. The average molecular weight is 359 g/mol. The van der Waals surface area contributed by atoms with Crippen LogP contribution >= 0.6 is 0 Å². The van der Waals surface area contributed by atoms with E-state index in [0.717, 1.165) is 32.4 Å². The second-order valence-corrected chi connectivity index (χ2v) is 8.33. The number of Topliss-reactive ketones (excluding diaryl/α,β-unsaturated/α-hetero) is 1. The van der Waals surface area contributed by atoms with E-state index in [2.05, 4.69) is 10.3 Å². The van der Waals surface area contributed by atoms with Crippen molar-refractivity contribution in [2.24, 2.45) is 5.41 Å². The number of ketones is 1. The molecule has 6 heteroatoms. The molecule has 2 N–H and O–H groups in total. The number of fused-ring (bicyclic) bond motifs is 1. The Hall–Kier alpha value is -1.95. The third kappa shape index (κ3) is 3.75. The number of nitrogens with one attached hydrogen (secondary N) is 2. The number of pyridine rings is 1. The van der Waals surface area contributed by atoms with E-state index in [1.54, 1.807) is 0 Å². The summed E-state index contributed by atoms with van der Waals surface area (Å²) < 4.78 is 0. The number of aromatic amines is 1. The molecule has 1 amide bonds. The Morgan fingerprint density at radius 1 is 1.23 bits per heavy atom. The summed E-state index contributed by atoms with van der Waals surface area (Å²) in [6, 6.07) is 1.69. The highest BCUT2D eigenvalue weighted by molar-refractivity contribution is 6.02. The normalized spacial score (nSPS) is 19.9. The van der Waals surface area contributed by atoms with Crippen LogP contribution in [-0.2, 0) is 6.42 Å². The van der Waals surface area contributed by atoms with E-state index in [4.69, 9.17) is 0 Å². The summed E-state index contributed by atoms with van der Waals surface area (Å²) >= 11 is 0. The predicted molar refractivity (Wildman–Crippen MR) is 101 cm³/mol. The molecule has 3 rings (SSSR count). The van der Waals surface area contributed by atoms with Crippen LogP contribution in [0.1, 0.15) is 72.9 Å². The summed E-state index contributed by atoms with van der Waals surface area (Å²) in [7, 11) is 0. The van der Waals surface area contributed by atoms with Crippen molar-refractivity contribution in [3.05, 3.63) is 33.2 Å². The zero-order chi connectivity index (χ0) is 18.9. The van der Waals surface area contributed by atoms with Crippen LogP contribution in [0.25, 0.3) is 0 Å². The highest BCUT2D eigenvalue weighted by Gasteiger charge is 2.34. The van der Waals surface area contributed by atoms with Gasteiger partial charge in [0, 0.05) is 30.3 Å². The molecule has 0 radical (unpaired) electrons. The molecule has 1 aromatic rings. The fourth-order valence-corrected chi connectivity index (χ4v) is 4.15. The number of hydrogen-bond donors (Lipinski definition) is 2. The second kappa shape index (κ2) is 7.35. The number of carbonyl (C=O) groups is 2. The van der Waals surface area contributed by atoms with Gasteiger partial charge in [0.15, 0.2) is 5.78 Å². The fourth-order valence-electron chi connectivity index (χ4n) is 4.15. The summed E-state index contributed by atoms with van der Waals surface area (Å²) in [6.45, 7) is 8.46. The van der Waals surface area contributed by atoms with E-state index in [1.807, 2.05) is 25.7 Å². The van der Waals surface area contributed by atoms with E-state index in [-0.39, 0.29) is 34.3 Å². The van der Waals surface area contributed by atoms with Gasteiger partial charge >= 0.3 is 0 Å². The van der Waals surface area contributed by atoms with Crippen LogP contribution in [0, 0.1) is 5.41 Å². The molecule has 1 saturated heterocycles. The lowest BCUT2D eigenvalue weighted by Crippen LogP contribution is -2.47. The van der Waals surface area contributed by atoms with Crippen molar-refractivity contribution in [2.75, 3.05) is 19.6 Å². The number of amides is 1. The number of H-pyrrole nitrogens is 1. The van der Waals surface area contributed by atoms with Gasteiger partial charge in [0.25, 0.3) is 11.5 Å². The van der Waals surface area contributed by atoms with Crippen LogP contribution in [0.3, 0.4) is 0 Å². The smallest absolute Gasteiger partial charge is 0.261 e. The molecule has 1 aromatic heterocycles. The molecular formula is C20H29N3O3. The molecule has 0 atom stereocenters. The van der Waals surface area contributed by atoms with Gasteiger partial charge in [0.1, 0.15) is 5.56 Å². The number of hydrogen-bond acceptors (Lipinski definition) is 4. The number of aromatic nitrogens is 1. The Balaban J connectivity index is 1.95. The Morgan fingerprint density at radius 3 is 2.58 bits per heavy atom. The molecule has 0 unspecified atom stereocenters. The van der Waals surface area contributed by atoms with Gasteiger partial charge in [-0.1, -0.05) is 20.8 Å². The molecule has 142 valence electrons. The van der Waals surface area contributed by atoms with Crippen molar-refractivity contribution in [3.63, 3.8) is 0 Å². The van der Waals surface area contributed by atoms with Crippen molar-refractivity contribution in [2.45, 2.75) is 58.9 Å². The highest BCUT2D eigenvalue weighted by Crippen LogP contribution is 2.33. The average Bonchev–Trinajstić information content (AvgIpc) is 2.58. The van der Waals surface area contributed by atoms with E-state index >= 15 is 0 Å². The Labute approximate surface area is 154 Å². The molecular weight excluding hydrogens is 330 g/mol. The number of rotatable bonds is 4. The lowest BCUT2D eigenvalue weighted by molar-refractivity contribution is 0.0640. The summed E-state index contributed by atoms with van der Waals surface area (Å²) in [6.07, 6.45) is 3.70. The molecule has 0 aromatic carbocycles. The molecule has 0 spiro atoms. The maximum absolute atomic E-state index is 13.1. The minimum Gasteiger partial charge on any atom is -0.335 e. The van der Waals surface area contributed by atoms with Crippen LogP contribution in [0.15, 0.2) is 10.9 Å². The molecule has 6 nitrogen and oxygen atoms in total. The van der Waals surface area contributed by atoms with Gasteiger partial charge < -0.3 is 15.2 Å². The molecule has 1 fully saturated rings. The maximum atomic E-state index is 13.1. The topological polar surface area (TPSA) is 82.3 Å². The van der Waals surface area contributed by atoms with Crippen molar-refractivity contribution in [1.82, 2.24) is 15.2 Å². The van der Waals surface area contributed by atoms with Gasteiger partial charge in [0.05, 0.1) is 0 Å². The van der Waals surface area contributed by atoms with Gasteiger partial charge in [-0.05, 0) is 50.3 Å². The molecule has 1 aliphatic heterocycles. The highest BCUT2D eigenvalue weighted by atomic mass is 16.2. The van der Waals surface area contributed by atoms with Gasteiger partial charge in [0.2, 0.25) is 0 Å². The Bertz CT molecular complexity index is 760. The first-order valence-electron chi connectivity index (χ1n) is 9.63. The third-order valence-electron chi connectivity index (χ3n) is 5.42. The standard InChI is InChI=1S/C20H29N3O3/c1-4-9-23(13-5-7-21-8-6-13)19(26)15-10-14-16(22-18(15)25)11-20(2,3)12-17(14)24/h10,13,21H,4-9,11-12H2,1-3H3,(H,22,25). The summed E-state index contributed by atoms with van der Waals surface area (Å²) in [5, 5.41) is 3.31. The number of nitrogens with zero attached hydrogens (tertiary/aromatic N) is 1. The minimum absolute atomic E-state index is 0.00505. The summed E-state index contributed by atoms with van der Waals surface area (Å²) in [4.78, 5) is 42.9. The van der Waals surface area contributed by atoms with Gasteiger partial charge in [-0.3, -0.25) is 14.4 Å². The first-order chi connectivity index (χ1) is 12.3. The van der Waals surface area contributed by atoms with Gasteiger partial charge in [-0.15, -0.1) is 0 Å². The number of carbonyl (C=O) groups excluding carboxylic acids is 2. The number of piperidine rings is 1. The monoisotopic (exact) mass is 359 g/mol. The van der Waals surface area contributed by atoms with Crippen LogP contribution in [0.2, 0.25) is 0 Å².